The van der Waals surface area contributed by atoms with E-state index in [4.69, 9.17) is 10.8 Å². The summed E-state index contributed by atoms with van der Waals surface area (Å²) in [6.45, 7) is 2.34. The molecule has 1 atom stereocenters. The van der Waals surface area contributed by atoms with Crippen molar-refractivity contribution in [2.75, 3.05) is 0 Å². The van der Waals surface area contributed by atoms with Gasteiger partial charge in [-0.25, -0.2) is 9.13 Å². The standard InChI is InChI=1S/C8H13N3O2.BrH.ClH/c1-7(9)11-5-4-10(6-11)3-2-8(12)13;;/h4-7H,2-3,9H2,1H3;2*1H. The highest BCUT2D eigenvalue weighted by Crippen LogP contribution is 1.93. The van der Waals surface area contributed by atoms with Crippen molar-refractivity contribution in [1.82, 2.24) is 4.57 Å². The summed E-state index contributed by atoms with van der Waals surface area (Å²) in [4.78, 5) is 10.3. The van der Waals surface area contributed by atoms with Gasteiger partial charge in [0.1, 0.15) is 25.1 Å². The van der Waals surface area contributed by atoms with E-state index in [0.717, 1.165) is 0 Å². The number of aliphatic carboxylic acids is 1. The monoisotopic (exact) mass is 299 g/mol. The fraction of sp³-hybridized carbons (Fsp3) is 0.500. The Bertz CT molecular complexity index is 304. The van der Waals surface area contributed by atoms with Crippen LogP contribution < -0.4 is 27.3 Å². The van der Waals surface area contributed by atoms with Gasteiger partial charge in [0, 0.05) is 0 Å². The number of nitrogens with two attached hydrogens (primary N) is 1. The molecule has 1 rings (SSSR count). The lowest BCUT2D eigenvalue weighted by atomic mass is 10.4. The van der Waals surface area contributed by atoms with Crippen molar-refractivity contribution in [3.05, 3.63) is 18.7 Å². The topological polar surface area (TPSA) is 72.1 Å². The normalized spacial score (nSPS) is 11.1. The molecule has 3 N–H and O–H groups in total. The van der Waals surface area contributed by atoms with Crippen molar-refractivity contribution in [2.24, 2.45) is 5.73 Å². The number of carboxylic acids is 1. The zero-order chi connectivity index (χ0) is 9.84. The first-order valence-corrected chi connectivity index (χ1v) is 4.13. The fourth-order valence-corrected chi connectivity index (χ4v) is 1.01. The first-order valence-electron chi connectivity index (χ1n) is 4.13. The number of carboxylic acid groups (broad SMARTS) is 1. The molecule has 1 heterocycles. The maximum Gasteiger partial charge on any atom is 0.307 e. The van der Waals surface area contributed by atoms with Crippen LogP contribution in [0.4, 0.5) is 0 Å². The Hall–Kier alpha value is -0.590. The molecular weight excluding hydrogens is 285 g/mol. The van der Waals surface area contributed by atoms with Gasteiger partial charge in [0.25, 0.3) is 0 Å². The predicted molar refractivity (Wildman–Crippen MR) is 53.0 cm³/mol. The third-order valence-electron chi connectivity index (χ3n) is 1.77. The third-order valence-corrected chi connectivity index (χ3v) is 1.77. The van der Waals surface area contributed by atoms with Gasteiger partial charge < -0.3 is 22.1 Å². The van der Waals surface area contributed by atoms with E-state index >= 15 is 0 Å². The van der Waals surface area contributed by atoms with E-state index < -0.39 is 5.97 Å². The molecule has 1 unspecified atom stereocenters. The molecule has 0 fully saturated rings. The highest BCUT2D eigenvalue weighted by Gasteiger charge is 2.07. The number of hydrogen-bond donors (Lipinski definition) is 2. The quantitative estimate of drug-likeness (QED) is 0.588. The van der Waals surface area contributed by atoms with Crippen molar-refractivity contribution in [1.29, 1.82) is 0 Å². The van der Waals surface area contributed by atoms with Crippen LogP contribution in [0, 0.1) is 0 Å². The molecule has 88 valence electrons. The smallest absolute Gasteiger partial charge is 0.307 e. The number of hydrogen-bond acceptors (Lipinski definition) is 2. The molecule has 0 saturated heterocycles. The zero-order valence-corrected chi connectivity index (χ0v) is 10.7. The van der Waals surface area contributed by atoms with Crippen molar-refractivity contribution in [3.63, 3.8) is 0 Å². The number of nitrogens with zero attached hydrogens (tertiary/aromatic N) is 2. The Balaban J connectivity index is 0. The highest BCUT2D eigenvalue weighted by molar-refractivity contribution is 5.85. The molecule has 0 aliphatic rings. The molecule has 0 radical (unpaired) electrons. The number of rotatable bonds is 4. The van der Waals surface area contributed by atoms with Gasteiger partial charge in [0.05, 0.1) is 6.42 Å². The van der Waals surface area contributed by atoms with E-state index in [1.54, 1.807) is 10.9 Å². The van der Waals surface area contributed by atoms with Crippen molar-refractivity contribution < 1.29 is 31.4 Å². The second-order valence-corrected chi connectivity index (χ2v) is 2.98. The van der Waals surface area contributed by atoms with E-state index in [1.807, 2.05) is 23.9 Å². The number of aromatic nitrogens is 2. The molecule has 0 saturated carbocycles. The Labute approximate surface area is 105 Å². The Morgan fingerprint density at radius 3 is 2.67 bits per heavy atom. The summed E-state index contributed by atoms with van der Waals surface area (Å²) in [6.07, 6.45) is 5.49. The van der Waals surface area contributed by atoms with Gasteiger partial charge in [-0.15, -0.1) is 12.4 Å². The van der Waals surface area contributed by atoms with Crippen molar-refractivity contribution in [2.45, 2.75) is 26.1 Å². The minimum absolute atomic E-state index is 0. The third kappa shape index (κ3) is 5.76. The molecule has 1 aromatic heterocycles. The van der Waals surface area contributed by atoms with Crippen LogP contribution in [0.5, 0.6) is 0 Å². The van der Waals surface area contributed by atoms with Crippen LogP contribution in [0.2, 0.25) is 0 Å². The van der Waals surface area contributed by atoms with Crippen LogP contribution in [-0.4, -0.2) is 15.6 Å². The first-order chi connectivity index (χ1) is 6.09. The predicted octanol–water partition coefficient (Wildman–Crippen LogP) is -2.85. The molecular formula is C8H15BrClN3O2. The van der Waals surface area contributed by atoms with Crippen molar-refractivity contribution >= 4 is 18.4 Å². The molecule has 0 aromatic carbocycles. The van der Waals surface area contributed by atoms with E-state index in [-0.39, 0.29) is 42.0 Å². The fourth-order valence-electron chi connectivity index (χ4n) is 1.01. The van der Waals surface area contributed by atoms with Gasteiger partial charge >= 0.3 is 5.97 Å². The second kappa shape index (κ2) is 7.67. The van der Waals surface area contributed by atoms with Gasteiger partial charge in [-0.2, -0.15) is 0 Å². The van der Waals surface area contributed by atoms with Crippen LogP contribution in [0.1, 0.15) is 19.5 Å². The lowest BCUT2D eigenvalue weighted by molar-refractivity contribution is -0.695. The highest BCUT2D eigenvalue weighted by atomic mass is 79.9. The average molecular weight is 301 g/mol. The SMILES string of the molecule is CC(N)n1cc[n+](CCC(=O)O)c1.Cl.[Br-]. The Morgan fingerprint density at radius 2 is 2.27 bits per heavy atom. The van der Waals surface area contributed by atoms with Gasteiger partial charge in [0.15, 0.2) is 0 Å². The summed E-state index contributed by atoms with van der Waals surface area (Å²) in [6, 6.07) is 0. The van der Waals surface area contributed by atoms with E-state index in [9.17, 15) is 4.79 Å². The number of halogens is 2. The molecule has 1 aromatic rings. The van der Waals surface area contributed by atoms with Crippen LogP contribution in [0.25, 0.3) is 0 Å². The molecule has 0 aliphatic heterocycles. The molecule has 5 nitrogen and oxygen atoms in total. The minimum Gasteiger partial charge on any atom is -1.00 e. The van der Waals surface area contributed by atoms with Gasteiger partial charge in [-0.05, 0) is 6.92 Å². The summed E-state index contributed by atoms with van der Waals surface area (Å²) in [5, 5.41) is 8.45. The molecule has 0 amide bonds. The molecule has 0 aliphatic carbocycles. The van der Waals surface area contributed by atoms with Gasteiger partial charge in [-0.3, -0.25) is 10.5 Å². The van der Waals surface area contributed by atoms with Gasteiger partial charge in [0.2, 0.25) is 6.33 Å². The lowest BCUT2D eigenvalue weighted by Crippen LogP contribution is -3.00. The number of carbonyl (C=O) groups is 1. The van der Waals surface area contributed by atoms with Crippen LogP contribution in [0.3, 0.4) is 0 Å². The number of imidazole rings is 1. The van der Waals surface area contributed by atoms with Crippen LogP contribution in [-0.2, 0) is 11.3 Å². The Kier molecular flexibility index (Phi) is 8.60. The summed E-state index contributed by atoms with van der Waals surface area (Å²) in [5.74, 6) is -0.791. The molecule has 7 heteroatoms. The van der Waals surface area contributed by atoms with E-state index in [0.29, 0.717) is 6.54 Å². The van der Waals surface area contributed by atoms with Crippen LogP contribution in [0.15, 0.2) is 18.7 Å². The van der Waals surface area contributed by atoms with E-state index in [2.05, 4.69) is 0 Å². The maximum atomic E-state index is 10.3. The zero-order valence-electron chi connectivity index (χ0n) is 8.34. The minimum atomic E-state index is -0.791. The summed E-state index contributed by atoms with van der Waals surface area (Å²) >= 11 is 0. The largest absolute Gasteiger partial charge is 1.00 e. The second-order valence-electron chi connectivity index (χ2n) is 2.98. The van der Waals surface area contributed by atoms with Crippen molar-refractivity contribution in [3.8, 4) is 0 Å². The van der Waals surface area contributed by atoms with E-state index in [1.165, 1.54) is 0 Å². The molecule has 0 spiro atoms. The molecule has 0 bridgehead atoms. The maximum absolute atomic E-state index is 10.3. The van der Waals surface area contributed by atoms with Gasteiger partial charge in [-0.1, -0.05) is 0 Å². The summed E-state index contributed by atoms with van der Waals surface area (Å²) in [7, 11) is 0. The Morgan fingerprint density at radius 1 is 1.67 bits per heavy atom. The summed E-state index contributed by atoms with van der Waals surface area (Å²) in [5.41, 5.74) is 5.62. The lowest BCUT2D eigenvalue weighted by Gasteiger charge is -1.97. The number of aryl methyl sites for hydroxylation is 1. The summed E-state index contributed by atoms with van der Waals surface area (Å²) < 4.78 is 3.62. The first kappa shape index (κ1) is 16.8. The molecule has 15 heavy (non-hydrogen) atoms. The average Bonchev–Trinajstić information content (AvgIpc) is 2.48. The van der Waals surface area contributed by atoms with Crippen LogP contribution >= 0.6 is 12.4 Å².